The van der Waals surface area contributed by atoms with Crippen LogP contribution in [0.5, 0.6) is 11.5 Å². The highest BCUT2D eigenvalue weighted by atomic mass is 35.5. The average molecular weight is 462 g/mol. The molecule has 3 aromatic carbocycles. The average Bonchev–Trinajstić information content (AvgIpc) is 3.44. The summed E-state index contributed by atoms with van der Waals surface area (Å²) in [6, 6.07) is 26.1. The van der Waals surface area contributed by atoms with Crippen molar-refractivity contribution < 1.29 is 26.6 Å². The first-order chi connectivity index (χ1) is 15.3. The zero-order chi connectivity index (χ0) is 20.9. The molecule has 0 fully saturated rings. The van der Waals surface area contributed by atoms with E-state index in [-0.39, 0.29) is 19.2 Å². The van der Waals surface area contributed by atoms with Gasteiger partial charge in [-0.3, -0.25) is 0 Å². The second-order valence-corrected chi connectivity index (χ2v) is 7.82. The van der Waals surface area contributed by atoms with Crippen LogP contribution in [0.4, 0.5) is 10.8 Å². The third-order valence-electron chi connectivity index (χ3n) is 4.66. The minimum absolute atomic E-state index is 0. The summed E-state index contributed by atoms with van der Waals surface area (Å²) < 4.78 is 12.7. The van der Waals surface area contributed by atoms with Crippen molar-refractivity contribution in [3.8, 4) is 17.2 Å². The molecule has 1 aromatic heterocycles. The zero-order valence-electron chi connectivity index (χ0n) is 17.0. The van der Waals surface area contributed by atoms with Crippen LogP contribution in [0.3, 0.4) is 0 Å². The van der Waals surface area contributed by atoms with Gasteiger partial charge in [-0.25, -0.2) is 0 Å². The van der Waals surface area contributed by atoms with Gasteiger partial charge in [0.05, 0.1) is 0 Å². The number of nitrogens with one attached hydrogen (secondary N) is 1. The molecular weight excluding hydrogens is 442 g/mol. The fraction of sp³-hybridized carbons (Fsp3) is 0.0400. The third-order valence-corrected chi connectivity index (χ3v) is 5.56. The van der Waals surface area contributed by atoms with E-state index in [4.69, 9.17) is 14.6 Å². The summed E-state index contributed by atoms with van der Waals surface area (Å²) in [5, 5.41) is 10.00. The van der Waals surface area contributed by atoms with Crippen LogP contribution in [0.25, 0.3) is 17.8 Å². The van der Waals surface area contributed by atoms with Gasteiger partial charge in [0.2, 0.25) is 12.5 Å². The summed E-state index contributed by atoms with van der Waals surface area (Å²) in [7, 11) is 0. The number of para-hydroxylation sites is 2. The van der Waals surface area contributed by atoms with Crippen LogP contribution in [-0.2, 0) is 0 Å². The number of allylic oxidation sites excluding steroid dienone is 2. The number of benzene rings is 3. The van der Waals surface area contributed by atoms with Gasteiger partial charge in [0.15, 0.2) is 11.5 Å². The van der Waals surface area contributed by atoms with Crippen LogP contribution in [0.1, 0.15) is 10.6 Å². The van der Waals surface area contributed by atoms with Crippen LogP contribution < -0.4 is 31.9 Å². The maximum atomic E-state index is 5.44. The van der Waals surface area contributed by atoms with Gasteiger partial charge in [-0.05, 0) is 45.8 Å². The lowest BCUT2D eigenvalue weighted by molar-refractivity contribution is -0.654. The minimum atomic E-state index is 0. The van der Waals surface area contributed by atoms with Crippen molar-refractivity contribution in [1.82, 2.24) is 5.10 Å². The normalized spacial score (nSPS) is 12.2. The van der Waals surface area contributed by atoms with E-state index in [1.807, 2.05) is 102 Å². The lowest BCUT2D eigenvalue weighted by atomic mass is 10.2. The highest BCUT2D eigenvalue weighted by Crippen LogP contribution is 2.32. The lowest BCUT2D eigenvalue weighted by Gasteiger charge is -1.97. The molecule has 1 aliphatic heterocycles. The number of aromatic nitrogens is 2. The van der Waals surface area contributed by atoms with E-state index in [9.17, 15) is 0 Å². The second kappa shape index (κ2) is 10.1. The van der Waals surface area contributed by atoms with Gasteiger partial charge < -0.3 is 27.2 Å². The predicted molar refractivity (Wildman–Crippen MR) is 124 cm³/mol. The molecule has 2 heterocycles. The fourth-order valence-electron chi connectivity index (χ4n) is 3.18. The summed E-state index contributed by atoms with van der Waals surface area (Å²) in [6.45, 7) is 0.284. The van der Waals surface area contributed by atoms with Crippen molar-refractivity contribution in [2.45, 2.75) is 0 Å². The van der Waals surface area contributed by atoms with Crippen molar-refractivity contribution in [1.29, 1.82) is 0 Å². The van der Waals surface area contributed by atoms with Crippen LogP contribution in [-0.4, -0.2) is 11.9 Å². The largest absolute Gasteiger partial charge is 1.00 e. The number of hydrogen-bond donors (Lipinski definition) is 1. The molecule has 1 N–H and O–H groups in total. The molecule has 32 heavy (non-hydrogen) atoms. The fourth-order valence-corrected chi connectivity index (χ4v) is 4.05. The van der Waals surface area contributed by atoms with Crippen LogP contribution >= 0.6 is 11.3 Å². The van der Waals surface area contributed by atoms with E-state index in [0.717, 1.165) is 38.6 Å². The molecule has 4 aromatic rings. The molecule has 0 saturated carbocycles. The Morgan fingerprint density at radius 1 is 0.844 bits per heavy atom. The molecule has 0 radical (unpaired) electrons. The molecular formula is C25H20ClN3O2S. The zero-order valence-corrected chi connectivity index (χ0v) is 18.6. The monoisotopic (exact) mass is 461 g/mol. The molecule has 0 unspecified atom stereocenters. The van der Waals surface area contributed by atoms with E-state index >= 15 is 0 Å². The van der Waals surface area contributed by atoms with Gasteiger partial charge in [-0.2, -0.15) is 0 Å². The first kappa shape index (κ1) is 21.6. The van der Waals surface area contributed by atoms with Crippen LogP contribution in [0.2, 0.25) is 0 Å². The number of fused-ring (bicyclic) bond motifs is 1. The Morgan fingerprint density at radius 2 is 1.56 bits per heavy atom. The number of rotatable bonds is 6. The summed E-state index contributed by atoms with van der Waals surface area (Å²) >= 11 is 1.60. The Bertz CT molecular complexity index is 1240. The molecule has 5 nitrogen and oxygen atoms in total. The standard InChI is InChI=1S/C25H20N3O2S.ClH/c1-3-10-20(11-4-1)26-25-27-28(21-12-5-2-6-13-21)24(31-25)14-8-7-9-19-15-16-22-23(17-19)30-18-29-22;/h1-17H,18H2,(H,26,27);1H/q+1;/p-1/b9-7+,14-8+;. The van der Waals surface area contributed by atoms with E-state index in [1.165, 1.54) is 0 Å². The lowest BCUT2D eigenvalue weighted by Crippen LogP contribution is -3.00. The van der Waals surface area contributed by atoms with Gasteiger partial charge in [0, 0.05) is 29.0 Å². The van der Waals surface area contributed by atoms with Crippen molar-refractivity contribution >= 4 is 34.3 Å². The number of nitrogens with zero attached hydrogens (tertiary/aromatic N) is 2. The number of ether oxygens (including phenoxy) is 2. The Balaban J connectivity index is 0.00000245. The molecule has 160 valence electrons. The number of hydrogen-bond acceptors (Lipinski definition) is 5. The van der Waals surface area contributed by atoms with E-state index in [2.05, 4.69) is 11.4 Å². The summed E-state index contributed by atoms with van der Waals surface area (Å²) in [6.07, 6.45) is 8.13. The highest BCUT2D eigenvalue weighted by Gasteiger charge is 2.20. The molecule has 0 spiro atoms. The first-order valence-electron chi connectivity index (χ1n) is 9.90. The van der Waals surface area contributed by atoms with E-state index in [0.29, 0.717) is 0 Å². The Labute approximate surface area is 196 Å². The Kier molecular flexibility index (Phi) is 6.84. The van der Waals surface area contributed by atoms with Crippen molar-refractivity contribution in [3.63, 3.8) is 0 Å². The highest BCUT2D eigenvalue weighted by molar-refractivity contribution is 7.15. The van der Waals surface area contributed by atoms with Crippen molar-refractivity contribution in [2.24, 2.45) is 0 Å². The van der Waals surface area contributed by atoms with E-state index in [1.54, 1.807) is 11.3 Å². The summed E-state index contributed by atoms with van der Waals surface area (Å²) in [4.78, 5) is 0. The molecule has 0 aliphatic carbocycles. The second-order valence-electron chi connectivity index (χ2n) is 6.81. The molecule has 5 rings (SSSR count). The molecule has 1 aliphatic rings. The molecule has 0 amide bonds. The van der Waals surface area contributed by atoms with Gasteiger partial charge >= 0.3 is 0 Å². The first-order valence-corrected chi connectivity index (χ1v) is 10.7. The maximum absolute atomic E-state index is 5.44. The predicted octanol–water partition coefficient (Wildman–Crippen LogP) is 2.62. The van der Waals surface area contributed by atoms with Gasteiger partial charge in [0.25, 0.3) is 10.1 Å². The quantitative estimate of drug-likeness (QED) is 0.354. The van der Waals surface area contributed by atoms with Crippen molar-refractivity contribution in [3.05, 3.63) is 102 Å². The van der Waals surface area contributed by atoms with Gasteiger partial charge in [-0.15, -0.1) is 0 Å². The summed E-state index contributed by atoms with van der Waals surface area (Å²) in [5.74, 6) is 1.58. The number of halogens is 1. The van der Waals surface area contributed by atoms with Gasteiger partial charge in [0.1, 0.15) is 0 Å². The molecule has 7 heteroatoms. The minimum Gasteiger partial charge on any atom is -1.00 e. The topological polar surface area (TPSA) is 47.3 Å². The molecule has 0 atom stereocenters. The number of anilines is 2. The smallest absolute Gasteiger partial charge is 0.297 e. The maximum Gasteiger partial charge on any atom is 0.297 e. The van der Waals surface area contributed by atoms with Crippen LogP contribution in [0.15, 0.2) is 91.0 Å². The van der Waals surface area contributed by atoms with E-state index < -0.39 is 0 Å². The Hall–Kier alpha value is -3.61. The van der Waals surface area contributed by atoms with Gasteiger partial charge in [-0.1, -0.05) is 60.7 Å². The van der Waals surface area contributed by atoms with Crippen LogP contribution in [0, 0.1) is 0 Å². The SMILES string of the molecule is C(/C=C/c1sc(Nc2ccccc2)n[n+]1-c1ccccc1)=C\c1ccc2c(c1)OCO2.[Cl-]. The Morgan fingerprint density at radius 3 is 2.38 bits per heavy atom. The molecule has 0 saturated heterocycles. The molecule has 0 bridgehead atoms. The third kappa shape index (κ3) is 4.99. The van der Waals surface area contributed by atoms with Crippen molar-refractivity contribution in [2.75, 3.05) is 12.1 Å². The summed E-state index contributed by atoms with van der Waals surface area (Å²) in [5.41, 5.74) is 3.08.